The van der Waals surface area contributed by atoms with Crippen molar-refractivity contribution in [1.29, 1.82) is 0 Å². The Balaban J connectivity index is 1.89. The number of aryl methyl sites for hydroxylation is 2. The van der Waals surface area contributed by atoms with Crippen molar-refractivity contribution in [2.45, 2.75) is 32.2 Å². The maximum absolute atomic E-state index is 9.69. The van der Waals surface area contributed by atoms with Crippen molar-refractivity contribution >= 4 is 5.69 Å². The average molecular weight is 269 g/mol. The fourth-order valence-electron chi connectivity index (χ4n) is 2.88. The first kappa shape index (κ1) is 12.9. The molecule has 3 rings (SSSR count). The fraction of sp³-hybridized carbons (Fsp3) is 0.294. The Morgan fingerprint density at radius 2 is 1.95 bits per heavy atom. The maximum Gasteiger partial charge on any atom is 0.118 e. The van der Waals surface area contributed by atoms with Gasteiger partial charge in [0.1, 0.15) is 11.5 Å². The lowest BCUT2D eigenvalue weighted by molar-refractivity contribution is 0.471. The van der Waals surface area contributed by atoms with Crippen LogP contribution >= 0.6 is 0 Å². The molecule has 1 aliphatic rings. The van der Waals surface area contributed by atoms with E-state index in [0.29, 0.717) is 11.5 Å². The van der Waals surface area contributed by atoms with Crippen molar-refractivity contribution < 1.29 is 10.2 Å². The molecule has 3 N–H and O–H groups in total. The number of benzene rings is 2. The summed E-state index contributed by atoms with van der Waals surface area (Å²) < 4.78 is 0. The number of phenolic OH excluding ortho intramolecular Hbond substituents is 2. The quantitative estimate of drug-likeness (QED) is 0.725. The average Bonchev–Trinajstić information content (AvgIpc) is 2.44. The third-order valence-electron chi connectivity index (χ3n) is 3.98. The first-order valence-corrected chi connectivity index (χ1v) is 7.01. The van der Waals surface area contributed by atoms with Crippen LogP contribution in [0.1, 0.15) is 35.6 Å². The number of fused-ring (bicyclic) bond motifs is 1. The summed E-state index contributed by atoms with van der Waals surface area (Å²) in [4.78, 5) is 0. The molecule has 0 bridgehead atoms. The molecule has 0 fully saturated rings. The van der Waals surface area contributed by atoms with Gasteiger partial charge in [-0.05, 0) is 73.2 Å². The summed E-state index contributed by atoms with van der Waals surface area (Å²) in [7, 11) is 0. The molecule has 0 amide bonds. The number of rotatable bonds is 2. The van der Waals surface area contributed by atoms with E-state index in [1.165, 1.54) is 11.1 Å². The number of anilines is 1. The van der Waals surface area contributed by atoms with Gasteiger partial charge in [0.25, 0.3) is 0 Å². The van der Waals surface area contributed by atoms with Gasteiger partial charge in [-0.3, -0.25) is 0 Å². The summed E-state index contributed by atoms with van der Waals surface area (Å²) in [6, 6.07) is 11.4. The fourth-order valence-corrected chi connectivity index (χ4v) is 2.88. The van der Waals surface area contributed by atoms with Crippen molar-refractivity contribution in [2.75, 3.05) is 5.32 Å². The standard InChI is InChI=1S/C17H19NO2/c1-11-9-13(6-8-17(11)20)18-16-4-2-3-12-5-7-14(19)10-15(12)16/h5-10,16,18-20H,2-4H2,1H3. The van der Waals surface area contributed by atoms with Crippen LogP contribution in [0.25, 0.3) is 0 Å². The van der Waals surface area contributed by atoms with Crippen molar-refractivity contribution in [3.05, 3.63) is 53.1 Å². The van der Waals surface area contributed by atoms with Crippen LogP contribution in [0, 0.1) is 6.92 Å². The molecule has 0 radical (unpaired) electrons. The summed E-state index contributed by atoms with van der Waals surface area (Å²) >= 11 is 0. The van der Waals surface area contributed by atoms with Crippen LogP contribution in [0.3, 0.4) is 0 Å². The topological polar surface area (TPSA) is 52.5 Å². The van der Waals surface area contributed by atoms with Crippen LogP contribution in [0.4, 0.5) is 5.69 Å². The Kier molecular flexibility index (Phi) is 3.26. The molecule has 0 heterocycles. The predicted molar refractivity (Wildman–Crippen MR) is 80.3 cm³/mol. The van der Waals surface area contributed by atoms with Crippen molar-refractivity contribution in [3.8, 4) is 11.5 Å². The van der Waals surface area contributed by atoms with E-state index in [1.807, 2.05) is 31.2 Å². The van der Waals surface area contributed by atoms with E-state index in [4.69, 9.17) is 0 Å². The SMILES string of the molecule is Cc1cc(NC2CCCc3ccc(O)cc32)ccc1O. The highest BCUT2D eigenvalue weighted by Gasteiger charge is 2.20. The monoisotopic (exact) mass is 269 g/mol. The molecular weight excluding hydrogens is 250 g/mol. The number of hydrogen-bond donors (Lipinski definition) is 3. The molecule has 0 saturated carbocycles. The smallest absolute Gasteiger partial charge is 0.118 e. The van der Waals surface area contributed by atoms with Gasteiger partial charge in [-0.2, -0.15) is 0 Å². The predicted octanol–water partition coefficient (Wildman–Crippen LogP) is 3.90. The van der Waals surface area contributed by atoms with Gasteiger partial charge in [-0.25, -0.2) is 0 Å². The molecule has 1 atom stereocenters. The van der Waals surface area contributed by atoms with Gasteiger partial charge in [0.15, 0.2) is 0 Å². The van der Waals surface area contributed by atoms with Gasteiger partial charge >= 0.3 is 0 Å². The molecule has 2 aromatic rings. The van der Waals surface area contributed by atoms with E-state index in [2.05, 4.69) is 5.32 Å². The second kappa shape index (κ2) is 5.08. The van der Waals surface area contributed by atoms with Crippen LogP contribution in [-0.2, 0) is 6.42 Å². The van der Waals surface area contributed by atoms with Crippen LogP contribution in [0.2, 0.25) is 0 Å². The number of nitrogens with one attached hydrogen (secondary N) is 1. The molecule has 3 heteroatoms. The van der Waals surface area contributed by atoms with E-state index < -0.39 is 0 Å². The van der Waals surface area contributed by atoms with Gasteiger partial charge in [0.2, 0.25) is 0 Å². The van der Waals surface area contributed by atoms with E-state index in [1.54, 1.807) is 12.1 Å². The Bertz CT molecular complexity index is 637. The Hall–Kier alpha value is -2.16. The largest absolute Gasteiger partial charge is 0.508 e. The zero-order chi connectivity index (χ0) is 14.1. The normalized spacial score (nSPS) is 17.6. The summed E-state index contributed by atoms with van der Waals surface area (Å²) in [6.07, 6.45) is 3.27. The third kappa shape index (κ3) is 2.44. The molecule has 1 unspecified atom stereocenters. The molecule has 0 aliphatic heterocycles. The molecule has 0 spiro atoms. The molecule has 20 heavy (non-hydrogen) atoms. The third-order valence-corrected chi connectivity index (χ3v) is 3.98. The van der Waals surface area contributed by atoms with E-state index in [9.17, 15) is 10.2 Å². The Labute approximate surface area is 118 Å². The maximum atomic E-state index is 9.69. The zero-order valence-electron chi connectivity index (χ0n) is 11.6. The van der Waals surface area contributed by atoms with Crippen molar-refractivity contribution in [1.82, 2.24) is 0 Å². The van der Waals surface area contributed by atoms with Crippen LogP contribution in [0.5, 0.6) is 11.5 Å². The first-order valence-electron chi connectivity index (χ1n) is 7.01. The number of aromatic hydroxyl groups is 2. The number of hydrogen-bond acceptors (Lipinski definition) is 3. The van der Waals surface area contributed by atoms with E-state index in [-0.39, 0.29) is 6.04 Å². The minimum absolute atomic E-state index is 0.217. The van der Waals surface area contributed by atoms with E-state index >= 15 is 0 Å². The minimum Gasteiger partial charge on any atom is -0.508 e. The first-order chi connectivity index (χ1) is 9.63. The van der Waals surface area contributed by atoms with Crippen molar-refractivity contribution in [3.63, 3.8) is 0 Å². The molecule has 0 aromatic heterocycles. The Morgan fingerprint density at radius 1 is 1.10 bits per heavy atom. The van der Waals surface area contributed by atoms with Crippen LogP contribution in [0.15, 0.2) is 36.4 Å². The van der Waals surface area contributed by atoms with Gasteiger partial charge in [0.05, 0.1) is 6.04 Å². The summed E-state index contributed by atoms with van der Waals surface area (Å²) in [5, 5.41) is 22.8. The molecule has 104 valence electrons. The lowest BCUT2D eigenvalue weighted by atomic mass is 9.87. The molecule has 1 aliphatic carbocycles. The summed E-state index contributed by atoms with van der Waals surface area (Å²) in [6.45, 7) is 1.89. The Morgan fingerprint density at radius 3 is 2.75 bits per heavy atom. The van der Waals surface area contributed by atoms with Gasteiger partial charge in [0, 0.05) is 5.69 Å². The molecular formula is C17H19NO2. The minimum atomic E-state index is 0.217. The second-order valence-electron chi connectivity index (χ2n) is 5.47. The number of phenols is 2. The zero-order valence-corrected chi connectivity index (χ0v) is 11.6. The lowest BCUT2D eigenvalue weighted by Crippen LogP contribution is -2.17. The second-order valence-corrected chi connectivity index (χ2v) is 5.47. The van der Waals surface area contributed by atoms with Crippen molar-refractivity contribution in [2.24, 2.45) is 0 Å². The van der Waals surface area contributed by atoms with Gasteiger partial charge in [-0.1, -0.05) is 6.07 Å². The molecule has 3 nitrogen and oxygen atoms in total. The van der Waals surface area contributed by atoms with Crippen LogP contribution < -0.4 is 5.32 Å². The highest BCUT2D eigenvalue weighted by atomic mass is 16.3. The molecule has 2 aromatic carbocycles. The summed E-state index contributed by atoms with van der Waals surface area (Å²) in [5.41, 5.74) is 4.35. The van der Waals surface area contributed by atoms with Gasteiger partial charge in [-0.15, -0.1) is 0 Å². The summed E-state index contributed by atoms with van der Waals surface area (Å²) in [5.74, 6) is 0.636. The van der Waals surface area contributed by atoms with Gasteiger partial charge < -0.3 is 15.5 Å². The lowest BCUT2D eigenvalue weighted by Gasteiger charge is -2.27. The highest BCUT2D eigenvalue weighted by Crippen LogP contribution is 2.35. The van der Waals surface area contributed by atoms with Crippen LogP contribution in [-0.4, -0.2) is 10.2 Å². The highest BCUT2D eigenvalue weighted by molar-refractivity contribution is 5.53. The molecule has 0 saturated heterocycles. The van der Waals surface area contributed by atoms with E-state index in [0.717, 1.165) is 30.5 Å².